The van der Waals surface area contributed by atoms with Crippen molar-refractivity contribution in [3.8, 4) is 6.07 Å². The first-order valence-electron chi connectivity index (χ1n) is 11.7. The largest absolute Gasteiger partial charge is 0.381 e. The molecule has 11 heteroatoms. The second-order valence-electron chi connectivity index (χ2n) is 9.55. The molecule has 4 N–H and O–H groups in total. The Hall–Kier alpha value is -4.85. The number of hydrogen-bond donors (Lipinski definition) is 3. The van der Waals surface area contributed by atoms with Gasteiger partial charge in [0, 0.05) is 41.9 Å². The van der Waals surface area contributed by atoms with Gasteiger partial charge in [-0.05, 0) is 42.3 Å². The topological polar surface area (TPSA) is 128 Å². The molecule has 8 nitrogen and oxygen atoms in total. The number of anilines is 1. The summed E-state index contributed by atoms with van der Waals surface area (Å²) in [5.41, 5.74) is 6.40. The van der Waals surface area contributed by atoms with Gasteiger partial charge in [0.2, 0.25) is 0 Å². The number of rotatable bonds is 4. The second kappa shape index (κ2) is 8.34. The quantitative estimate of drug-likeness (QED) is 0.384. The summed E-state index contributed by atoms with van der Waals surface area (Å²) in [4.78, 5) is 35.5. The predicted octanol–water partition coefficient (Wildman–Crippen LogP) is 3.27. The van der Waals surface area contributed by atoms with Crippen LogP contribution in [-0.4, -0.2) is 33.2 Å². The molecular weight excluding hydrogens is 497 g/mol. The zero-order valence-electron chi connectivity index (χ0n) is 19.7. The van der Waals surface area contributed by atoms with Crippen molar-refractivity contribution in [1.82, 2.24) is 20.2 Å². The first-order valence-corrected chi connectivity index (χ1v) is 11.7. The Morgan fingerprint density at radius 2 is 1.92 bits per heavy atom. The Morgan fingerprint density at radius 1 is 1.11 bits per heavy atom. The minimum atomic E-state index is -1.49. The molecule has 0 saturated carbocycles. The maximum absolute atomic E-state index is 14.3. The average molecular weight is 516 g/mol. The van der Waals surface area contributed by atoms with Crippen LogP contribution in [0.1, 0.15) is 32.7 Å². The first-order chi connectivity index (χ1) is 18.2. The van der Waals surface area contributed by atoms with Crippen LogP contribution < -0.4 is 11.1 Å². The maximum Gasteiger partial charge on any atom is 0.253 e. The number of benzene rings is 2. The molecule has 0 bridgehead atoms. The summed E-state index contributed by atoms with van der Waals surface area (Å²) < 4.78 is 42.2. The number of nitrogens with zero attached hydrogens (tertiary/aromatic N) is 3. The zero-order valence-corrected chi connectivity index (χ0v) is 19.7. The van der Waals surface area contributed by atoms with E-state index in [0.29, 0.717) is 27.9 Å². The van der Waals surface area contributed by atoms with Crippen molar-refractivity contribution in [2.24, 2.45) is 5.92 Å². The van der Waals surface area contributed by atoms with E-state index in [0.717, 1.165) is 6.07 Å². The molecule has 1 fully saturated rings. The van der Waals surface area contributed by atoms with Gasteiger partial charge >= 0.3 is 0 Å². The molecule has 4 heterocycles. The molecule has 2 atom stereocenters. The summed E-state index contributed by atoms with van der Waals surface area (Å²) in [5, 5.41) is 11.8. The fourth-order valence-corrected chi connectivity index (χ4v) is 5.56. The number of nitrogen functional groups attached to an aromatic ring is 1. The van der Waals surface area contributed by atoms with Crippen molar-refractivity contribution in [2.75, 3.05) is 12.3 Å². The normalized spacial score (nSPS) is 20.3. The third-order valence-corrected chi connectivity index (χ3v) is 7.27. The fraction of sp³-hybridized carbons (Fsp3) is 0.185. The number of halogens is 3. The van der Waals surface area contributed by atoms with Gasteiger partial charge in [-0.2, -0.15) is 5.26 Å². The standard InChI is InChI=1S/C27H19F3N6O2/c28-16-3-4-19-18(7-16)25(37)35-27(19)15(6-17-8-22-23(33-17)9-21(30)24(32)34-22)12-36(26(27)38)11-13-1-2-14(10-31)20(29)5-13/h1-5,7-9,15,33H,6,11-12H2,(H2,32,34)(H,35,37)/t15?,27-/m0/s1. The smallest absolute Gasteiger partial charge is 0.253 e. The van der Waals surface area contributed by atoms with Gasteiger partial charge < -0.3 is 20.9 Å². The molecular formula is C27H19F3N6O2. The number of H-pyrrole nitrogens is 1. The molecule has 2 amide bonds. The lowest BCUT2D eigenvalue weighted by atomic mass is 9.78. The van der Waals surface area contributed by atoms with Crippen LogP contribution >= 0.6 is 0 Å². The minimum Gasteiger partial charge on any atom is -0.381 e. The third kappa shape index (κ3) is 3.48. The summed E-state index contributed by atoms with van der Waals surface area (Å²) >= 11 is 0. The van der Waals surface area contributed by atoms with Gasteiger partial charge in [-0.25, -0.2) is 18.2 Å². The molecule has 1 spiro atoms. The van der Waals surface area contributed by atoms with Crippen molar-refractivity contribution >= 4 is 28.7 Å². The van der Waals surface area contributed by atoms with Crippen LogP contribution in [0.15, 0.2) is 48.5 Å². The van der Waals surface area contributed by atoms with Gasteiger partial charge in [0.25, 0.3) is 11.8 Å². The van der Waals surface area contributed by atoms with E-state index in [1.54, 1.807) is 18.2 Å². The highest BCUT2D eigenvalue weighted by molar-refractivity contribution is 6.08. The third-order valence-electron chi connectivity index (χ3n) is 7.27. The molecule has 190 valence electrons. The SMILES string of the molecule is N#Cc1ccc(CN2CC(Cc3cc4nc(N)c(F)cc4[nH]3)[C@@]3(NC(=O)c4cc(F)ccc43)C2=O)cc1F. The number of amides is 2. The molecule has 2 aromatic carbocycles. The summed E-state index contributed by atoms with van der Waals surface area (Å²) in [7, 11) is 0. The molecule has 4 aromatic rings. The molecule has 0 radical (unpaired) electrons. The van der Waals surface area contributed by atoms with E-state index in [-0.39, 0.29) is 36.5 Å². The summed E-state index contributed by atoms with van der Waals surface area (Å²) in [6, 6.07) is 12.5. The number of likely N-dealkylation sites (tertiary alicyclic amines) is 1. The number of nitriles is 1. The Labute approximate surface area is 213 Å². The number of pyridine rings is 1. The van der Waals surface area contributed by atoms with E-state index >= 15 is 0 Å². The number of nitrogens with one attached hydrogen (secondary N) is 2. The highest BCUT2D eigenvalue weighted by Gasteiger charge is 2.60. The van der Waals surface area contributed by atoms with E-state index in [1.807, 2.05) is 0 Å². The van der Waals surface area contributed by atoms with Crippen molar-refractivity contribution in [2.45, 2.75) is 18.5 Å². The number of hydrogen-bond acceptors (Lipinski definition) is 5. The minimum absolute atomic E-state index is 0.0299. The lowest BCUT2D eigenvalue weighted by Gasteiger charge is -2.29. The Morgan fingerprint density at radius 3 is 2.68 bits per heavy atom. The highest BCUT2D eigenvalue weighted by Crippen LogP contribution is 2.45. The van der Waals surface area contributed by atoms with Crippen LogP contribution in [-0.2, 0) is 23.3 Å². The van der Waals surface area contributed by atoms with Gasteiger partial charge in [-0.3, -0.25) is 9.59 Å². The second-order valence-corrected chi connectivity index (χ2v) is 9.55. The van der Waals surface area contributed by atoms with E-state index in [9.17, 15) is 22.8 Å². The van der Waals surface area contributed by atoms with Crippen LogP contribution in [0.3, 0.4) is 0 Å². The lowest BCUT2D eigenvalue weighted by molar-refractivity contribution is -0.134. The molecule has 1 saturated heterocycles. The van der Waals surface area contributed by atoms with Gasteiger partial charge in [0.1, 0.15) is 17.7 Å². The van der Waals surface area contributed by atoms with Gasteiger partial charge in [-0.15, -0.1) is 0 Å². The summed E-state index contributed by atoms with van der Waals surface area (Å²) in [5.74, 6) is -3.73. The van der Waals surface area contributed by atoms with Gasteiger partial charge in [-0.1, -0.05) is 12.1 Å². The van der Waals surface area contributed by atoms with Crippen LogP contribution in [0.5, 0.6) is 0 Å². The number of aromatic amines is 1. The Balaban J connectivity index is 1.41. The molecule has 2 aliphatic rings. The van der Waals surface area contributed by atoms with Crippen molar-refractivity contribution < 1.29 is 22.8 Å². The number of fused-ring (bicyclic) bond motifs is 3. The van der Waals surface area contributed by atoms with Crippen LogP contribution in [0.4, 0.5) is 19.0 Å². The highest BCUT2D eigenvalue weighted by atomic mass is 19.1. The molecule has 6 rings (SSSR count). The van der Waals surface area contributed by atoms with E-state index in [4.69, 9.17) is 11.0 Å². The number of carbonyl (C=O) groups excluding carboxylic acids is 2. The van der Waals surface area contributed by atoms with Crippen LogP contribution in [0.25, 0.3) is 11.0 Å². The van der Waals surface area contributed by atoms with E-state index < -0.39 is 40.7 Å². The monoisotopic (exact) mass is 516 g/mol. The molecule has 0 aliphatic carbocycles. The lowest BCUT2D eigenvalue weighted by Crippen LogP contribution is -2.50. The maximum atomic E-state index is 14.3. The summed E-state index contributed by atoms with van der Waals surface area (Å²) in [6.07, 6.45) is 0.249. The van der Waals surface area contributed by atoms with E-state index in [2.05, 4.69) is 15.3 Å². The van der Waals surface area contributed by atoms with Gasteiger partial charge in [0.05, 0.1) is 16.6 Å². The van der Waals surface area contributed by atoms with Crippen molar-refractivity contribution in [3.63, 3.8) is 0 Å². The fourth-order valence-electron chi connectivity index (χ4n) is 5.56. The molecule has 1 unspecified atom stereocenters. The first kappa shape index (κ1) is 23.5. The number of aromatic nitrogens is 2. The Bertz CT molecular complexity index is 1670. The van der Waals surface area contributed by atoms with Crippen LogP contribution in [0, 0.1) is 34.7 Å². The van der Waals surface area contributed by atoms with Crippen molar-refractivity contribution in [3.05, 3.63) is 93.9 Å². The predicted molar refractivity (Wildman–Crippen MR) is 130 cm³/mol. The summed E-state index contributed by atoms with van der Waals surface area (Å²) in [6.45, 7) is 0.207. The van der Waals surface area contributed by atoms with Crippen molar-refractivity contribution in [1.29, 1.82) is 5.26 Å². The molecule has 2 aliphatic heterocycles. The van der Waals surface area contributed by atoms with E-state index in [1.165, 1.54) is 35.2 Å². The Kier molecular flexibility index (Phi) is 5.17. The van der Waals surface area contributed by atoms with Crippen LogP contribution in [0.2, 0.25) is 0 Å². The molecule has 38 heavy (non-hydrogen) atoms. The number of carbonyl (C=O) groups is 2. The zero-order chi connectivity index (χ0) is 26.8. The molecule has 2 aromatic heterocycles. The average Bonchev–Trinajstić information content (AvgIpc) is 3.48. The van der Waals surface area contributed by atoms with Gasteiger partial charge in [0.15, 0.2) is 17.2 Å². The number of nitrogens with two attached hydrogens (primary N) is 1.